The van der Waals surface area contributed by atoms with Gasteiger partial charge in [-0.05, 0) is 55.3 Å². The van der Waals surface area contributed by atoms with Gasteiger partial charge in [-0.3, -0.25) is 4.79 Å². The lowest BCUT2D eigenvalue weighted by Gasteiger charge is -2.18. The van der Waals surface area contributed by atoms with E-state index in [9.17, 15) is 9.18 Å². The largest absolute Gasteiger partial charge is 0.496 e. The molecule has 0 bridgehead atoms. The smallest absolute Gasteiger partial charge is 0.259 e. The molecule has 1 fully saturated rings. The summed E-state index contributed by atoms with van der Waals surface area (Å²) in [5.41, 5.74) is 3.32. The van der Waals surface area contributed by atoms with Crippen molar-refractivity contribution in [3.05, 3.63) is 90.4 Å². The lowest BCUT2D eigenvalue weighted by molar-refractivity contribution is 0.102. The molecule has 7 heteroatoms. The van der Waals surface area contributed by atoms with Crippen LogP contribution in [0.2, 0.25) is 0 Å². The maximum atomic E-state index is 14.8. The Morgan fingerprint density at radius 3 is 2.47 bits per heavy atom. The van der Waals surface area contributed by atoms with E-state index in [4.69, 9.17) is 9.84 Å². The molecule has 5 rings (SSSR count). The van der Waals surface area contributed by atoms with Crippen LogP contribution >= 0.6 is 0 Å². The van der Waals surface area contributed by atoms with Crippen molar-refractivity contribution >= 4 is 17.3 Å². The second-order valence-corrected chi connectivity index (χ2v) is 8.19. The lowest BCUT2D eigenvalue weighted by Crippen LogP contribution is -2.19. The van der Waals surface area contributed by atoms with Gasteiger partial charge in [0.1, 0.15) is 17.3 Å². The van der Waals surface area contributed by atoms with Gasteiger partial charge in [0.2, 0.25) is 0 Å². The molecule has 3 aromatic carbocycles. The molecule has 1 amide bonds. The van der Waals surface area contributed by atoms with Crippen molar-refractivity contribution in [2.45, 2.75) is 12.8 Å². The van der Waals surface area contributed by atoms with E-state index < -0.39 is 0 Å². The van der Waals surface area contributed by atoms with E-state index in [1.807, 2.05) is 59.5 Å². The normalized spacial score (nSPS) is 13.2. The van der Waals surface area contributed by atoms with Crippen molar-refractivity contribution in [2.75, 3.05) is 30.4 Å². The molecule has 1 aliphatic heterocycles. The molecule has 0 unspecified atom stereocenters. The molecule has 1 N–H and O–H groups in total. The third-order valence-corrected chi connectivity index (χ3v) is 5.99. The third-order valence-electron chi connectivity index (χ3n) is 5.99. The monoisotopic (exact) mass is 456 g/mol. The van der Waals surface area contributed by atoms with Crippen molar-refractivity contribution in [2.24, 2.45) is 0 Å². The summed E-state index contributed by atoms with van der Waals surface area (Å²) < 4.78 is 22.0. The van der Waals surface area contributed by atoms with Gasteiger partial charge in [0, 0.05) is 30.5 Å². The zero-order chi connectivity index (χ0) is 23.5. The molecule has 1 aliphatic rings. The van der Waals surface area contributed by atoms with Crippen LogP contribution in [-0.2, 0) is 0 Å². The molecule has 0 aliphatic carbocycles. The van der Waals surface area contributed by atoms with Gasteiger partial charge in [-0.1, -0.05) is 30.3 Å². The number of ether oxygens (including phenoxy) is 1. The minimum Gasteiger partial charge on any atom is -0.496 e. The van der Waals surface area contributed by atoms with Gasteiger partial charge < -0.3 is 15.0 Å². The number of nitrogens with one attached hydrogen (secondary N) is 1. The maximum Gasteiger partial charge on any atom is 0.259 e. The number of carbonyl (C=O) groups is 1. The Balaban J connectivity index is 1.50. The zero-order valence-corrected chi connectivity index (χ0v) is 18.9. The third kappa shape index (κ3) is 4.24. The molecule has 0 atom stereocenters. The van der Waals surface area contributed by atoms with Crippen LogP contribution in [0.25, 0.3) is 16.9 Å². The highest BCUT2D eigenvalue weighted by molar-refractivity contribution is 6.08. The minimum absolute atomic E-state index is 0.343. The molecule has 2 heterocycles. The number of amides is 1. The number of aromatic nitrogens is 2. The quantitative estimate of drug-likeness (QED) is 0.414. The van der Waals surface area contributed by atoms with Crippen LogP contribution < -0.4 is 15.0 Å². The Labute approximate surface area is 197 Å². The molecule has 172 valence electrons. The zero-order valence-electron chi connectivity index (χ0n) is 18.9. The standard InChI is InChI=1S/C27H25FN4O2/c1-34-25-12-6-5-11-21(25)26-22(18-32(30-26)20-9-3-2-4-10-20)27(33)29-19-13-14-24(23(28)17-19)31-15-7-8-16-31/h2-6,9-14,17-18H,7-8,15-16H2,1H3,(H,29,33). The van der Waals surface area contributed by atoms with Crippen LogP contribution in [0.4, 0.5) is 15.8 Å². The van der Waals surface area contributed by atoms with Crippen molar-refractivity contribution < 1.29 is 13.9 Å². The number of hydrogen-bond acceptors (Lipinski definition) is 4. The van der Waals surface area contributed by atoms with E-state index in [0.29, 0.717) is 33.9 Å². The summed E-state index contributed by atoms with van der Waals surface area (Å²) in [6.45, 7) is 1.70. The highest BCUT2D eigenvalue weighted by Gasteiger charge is 2.22. The number of methoxy groups -OCH3 is 1. The van der Waals surface area contributed by atoms with E-state index in [2.05, 4.69) is 5.32 Å². The van der Waals surface area contributed by atoms with Gasteiger partial charge in [0.05, 0.1) is 24.0 Å². The van der Waals surface area contributed by atoms with Crippen molar-refractivity contribution in [1.82, 2.24) is 9.78 Å². The molecule has 1 aromatic heterocycles. The van der Waals surface area contributed by atoms with Gasteiger partial charge >= 0.3 is 0 Å². The first-order valence-electron chi connectivity index (χ1n) is 11.3. The second kappa shape index (κ2) is 9.39. The average Bonchev–Trinajstić information content (AvgIpc) is 3.55. The molecular formula is C27H25FN4O2. The average molecular weight is 457 g/mol. The van der Waals surface area contributed by atoms with E-state index >= 15 is 0 Å². The minimum atomic E-state index is -0.378. The van der Waals surface area contributed by atoms with Gasteiger partial charge in [0.25, 0.3) is 5.91 Å². The van der Waals surface area contributed by atoms with Gasteiger partial charge in [0.15, 0.2) is 0 Å². The first-order chi connectivity index (χ1) is 16.6. The highest BCUT2D eigenvalue weighted by atomic mass is 19.1. The number of anilines is 2. The molecule has 0 spiro atoms. The number of carbonyl (C=O) groups excluding carboxylic acids is 1. The molecule has 1 saturated heterocycles. The number of halogens is 1. The summed E-state index contributed by atoms with van der Waals surface area (Å²) in [7, 11) is 1.58. The number of benzene rings is 3. The summed E-state index contributed by atoms with van der Waals surface area (Å²) in [4.78, 5) is 15.4. The number of rotatable bonds is 6. The van der Waals surface area contributed by atoms with Crippen LogP contribution in [0.1, 0.15) is 23.2 Å². The van der Waals surface area contributed by atoms with E-state index in [1.54, 1.807) is 30.1 Å². The Kier molecular flexibility index (Phi) is 5.99. The maximum absolute atomic E-state index is 14.8. The van der Waals surface area contributed by atoms with Crippen LogP contribution in [0.15, 0.2) is 79.0 Å². The fourth-order valence-corrected chi connectivity index (χ4v) is 4.29. The summed E-state index contributed by atoms with van der Waals surface area (Å²) >= 11 is 0. The predicted octanol–water partition coefficient (Wildman–Crippen LogP) is 5.54. The van der Waals surface area contributed by atoms with Crippen LogP contribution in [-0.4, -0.2) is 35.9 Å². The molecule has 6 nitrogen and oxygen atoms in total. The number of para-hydroxylation sites is 2. The molecule has 0 radical (unpaired) electrons. The second-order valence-electron chi connectivity index (χ2n) is 8.19. The van der Waals surface area contributed by atoms with Gasteiger partial charge in [-0.25, -0.2) is 9.07 Å². The summed E-state index contributed by atoms with van der Waals surface area (Å²) in [6, 6.07) is 21.8. The molecular weight excluding hydrogens is 431 g/mol. The fourth-order valence-electron chi connectivity index (χ4n) is 4.29. The lowest BCUT2D eigenvalue weighted by atomic mass is 10.1. The van der Waals surface area contributed by atoms with E-state index in [1.165, 1.54) is 6.07 Å². The van der Waals surface area contributed by atoms with Crippen LogP contribution in [0.3, 0.4) is 0 Å². The summed E-state index contributed by atoms with van der Waals surface area (Å²) in [5.74, 6) is -0.114. The first kappa shape index (κ1) is 21.7. The number of hydrogen-bond donors (Lipinski definition) is 1. The first-order valence-corrected chi connectivity index (χ1v) is 11.3. The molecule has 4 aromatic rings. The Morgan fingerprint density at radius 2 is 1.74 bits per heavy atom. The van der Waals surface area contributed by atoms with Crippen LogP contribution in [0, 0.1) is 5.82 Å². The Morgan fingerprint density at radius 1 is 1.00 bits per heavy atom. The SMILES string of the molecule is COc1ccccc1-c1nn(-c2ccccc2)cc1C(=O)Nc1ccc(N2CCCC2)c(F)c1. The van der Waals surface area contributed by atoms with E-state index in [0.717, 1.165) is 31.6 Å². The summed E-state index contributed by atoms with van der Waals surface area (Å²) in [6.07, 6.45) is 3.81. The van der Waals surface area contributed by atoms with E-state index in [-0.39, 0.29) is 11.7 Å². The van der Waals surface area contributed by atoms with Crippen molar-refractivity contribution in [3.63, 3.8) is 0 Å². The van der Waals surface area contributed by atoms with Crippen LogP contribution in [0.5, 0.6) is 5.75 Å². The van der Waals surface area contributed by atoms with Gasteiger partial charge in [-0.2, -0.15) is 5.10 Å². The molecule has 34 heavy (non-hydrogen) atoms. The predicted molar refractivity (Wildman–Crippen MR) is 131 cm³/mol. The topological polar surface area (TPSA) is 59.4 Å². The Hall–Kier alpha value is -4.13. The number of nitrogens with zero attached hydrogens (tertiary/aromatic N) is 3. The highest BCUT2D eigenvalue weighted by Crippen LogP contribution is 2.32. The molecule has 0 saturated carbocycles. The van der Waals surface area contributed by atoms with Crippen molar-refractivity contribution in [1.29, 1.82) is 0 Å². The Bertz CT molecular complexity index is 1310. The fraction of sp³-hybridized carbons (Fsp3) is 0.185. The van der Waals surface area contributed by atoms with Crippen molar-refractivity contribution in [3.8, 4) is 22.7 Å². The van der Waals surface area contributed by atoms with Gasteiger partial charge in [-0.15, -0.1) is 0 Å². The summed E-state index contributed by atoms with van der Waals surface area (Å²) in [5, 5.41) is 7.54.